The number of nitrogens with one attached hydrogen (secondary N) is 1. The number of hydrogen-bond donors (Lipinski definition) is 1. The van der Waals surface area contributed by atoms with E-state index >= 15 is 0 Å². The summed E-state index contributed by atoms with van der Waals surface area (Å²) < 4.78 is 7.41. The van der Waals surface area contributed by atoms with Gasteiger partial charge in [-0.3, -0.25) is 10.1 Å². The number of furan rings is 1. The highest BCUT2D eigenvalue weighted by Gasteiger charge is 2.13. The van der Waals surface area contributed by atoms with Crippen LogP contribution in [0.1, 0.15) is 10.4 Å². The molecule has 5 nitrogen and oxygen atoms in total. The Balaban J connectivity index is 1.51. The van der Waals surface area contributed by atoms with Crippen LogP contribution in [0.4, 0.5) is 5.13 Å². The van der Waals surface area contributed by atoms with Gasteiger partial charge in [-0.2, -0.15) is 0 Å². The van der Waals surface area contributed by atoms with Gasteiger partial charge in [0.25, 0.3) is 5.91 Å². The predicted octanol–water partition coefficient (Wildman–Crippen LogP) is 4.90. The molecule has 3 aromatic heterocycles. The molecule has 5 aromatic rings. The maximum atomic E-state index is 12.5. The summed E-state index contributed by atoms with van der Waals surface area (Å²) in [6, 6.07) is 11.1. The van der Waals surface area contributed by atoms with E-state index in [2.05, 4.69) is 15.3 Å². The van der Waals surface area contributed by atoms with E-state index in [0.29, 0.717) is 10.7 Å². The first-order valence-electron chi connectivity index (χ1n) is 7.19. The molecule has 0 unspecified atom stereocenters. The lowest BCUT2D eigenvalue weighted by molar-refractivity contribution is 0.102. The quantitative estimate of drug-likeness (QED) is 0.491. The van der Waals surface area contributed by atoms with Gasteiger partial charge in [-0.1, -0.05) is 11.3 Å². The van der Waals surface area contributed by atoms with E-state index in [1.54, 1.807) is 35.8 Å². The average molecular weight is 351 g/mol. The summed E-state index contributed by atoms with van der Waals surface area (Å²) in [5.74, 6) is -0.188. The van der Waals surface area contributed by atoms with Crippen molar-refractivity contribution < 1.29 is 9.21 Å². The number of amides is 1. The van der Waals surface area contributed by atoms with Crippen molar-refractivity contribution in [1.29, 1.82) is 0 Å². The molecule has 5 rings (SSSR count). The minimum Gasteiger partial charge on any atom is -0.464 e. The van der Waals surface area contributed by atoms with Gasteiger partial charge in [-0.15, -0.1) is 11.3 Å². The number of rotatable bonds is 2. The summed E-state index contributed by atoms with van der Waals surface area (Å²) in [6.45, 7) is 0. The molecule has 0 radical (unpaired) electrons. The number of aromatic nitrogens is 2. The lowest BCUT2D eigenvalue weighted by Crippen LogP contribution is -2.11. The van der Waals surface area contributed by atoms with E-state index < -0.39 is 0 Å². The molecule has 0 aliphatic rings. The van der Waals surface area contributed by atoms with Gasteiger partial charge in [0.15, 0.2) is 5.13 Å². The van der Waals surface area contributed by atoms with Crippen LogP contribution in [-0.4, -0.2) is 15.9 Å². The van der Waals surface area contributed by atoms with Gasteiger partial charge in [-0.25, -0.2) is 9.97 Å². The normalized spacial score (nSPS) is 11.5. The van der Waals surface area contributed by atoms with E-state index in [4.69, 9.17) is 4.42 Å². The largest absolute Gasteiger partial charge is 0.464 e. The van der Waals surface area contributed by atoms with Crippen molar-refractivity contribution in [2.75, 3.05) is 5.32 Å². The number of carbonyl (C=O) groups excluding carboxylic acids is 1. The highest BCUT2D eigenvalue weighted by molar-refractivity contribution is 7.24. The number of fused-ring (bicyclic) bond motifs is 4. The van der Waals surface area contributed by atoms with E-state index in [9.17, 15) is 4.79 Å². The van der Waals surface area contributed by atoms with Gasteiger partial charge in [-0.05, 0) is 36.4 Å². The zero-order chi connectivity index (χ0) is 16.1. The molecule has 0 aliphatic heterocycles. The van der Waals surface area contributed by atoms with Crippen LogP contribution >= 0.6 is 22.7 Å². The van der Waals surface area contributed by atoms with Gasteiger partial charge >= 0.3 is 0 Å². The lowest BCUT2D eigenvalue weighted by Gasteiger charge is -2.01. The predicted molar refractivity (Wildman–Crippen MR) is 97.0 cm³/mol. The molecular formula is C17H9N3O2S2. The average Bonchev–Trinajstić information content (AvgIpc) is 3.31. The number of carbonyl (C=O) groups is 1. The van der Waals surface area contributed by atoms with Crippen LogP contribution in [0.3, 0.4) is 0 Å². The summed E-state index contributed by atoms with van der Waals surface area (Å²) in [4.78, 5) is 21.4. The minimum absolute atomic E-state index is 0.188. The first kappa shape index (κ1) is 13.6. The number of benzene rings is 2. The van der Waals surface area contributed by atoms with Crippen molar-refractivity contribution in [2.24, 2.45) is 0 Å². The molecule has 0 saturated carbocycles. The zero-order valence-corrected chi connectivity index (χ0v) is 13.8. The molecule has 2 aromatic carbocycles. The summed E-state index contributed by atoms with van der Waals surface area (Å²) >= 11 is 3.04. The molecule has 3 heterocycles. The standard InChI is InChI=1S/C17H9N3O2S2/c21-16(10-1-3-12-9(7-10)5-6-22-12)20-17-19-11-2-4-13-14(15(11)24-17)18-8-23-13/h1-8H,(H,19,20,21). The molecule has 7 heteroatoms. The van der Waals surface area contributed by atoms with Crippen LogP contribution in [0.5, 0.6) is 0 Å². The van der Waals surface area contributed by atoms with E-state index in [0.717, 1.165) is 31.4 Å². The van der Waals surface area contributed by atoms with Crippen molar-refractivity contribution in [1.82, 2.24) is 9.97 Å². The fourth-order valence-corrected chi connectivity index (χ4v) is 4.35. The second-order valence-electron chi connectivity index (χ2n) is 5.26. The number of hydrogen-bond acceptors (Lipinski definition) is 6. The number of anilines is 1. The van der Waals surface area contributed by atoms with Crippen molar-refractivity contribution in [2.45, 2.75) is 0 Å². The number of nitrogens with zero attached hydrogens (tertiary/aromatic N) is 2. The Bertz CT molecular complexity index is 1220. The van der Waals surface area contributed by atoms with E-state index in [1.807, 2.05) is 23.7 Å². The monoisotopic (exact) mass is 351 g/mol. The van der Waals surface area contributed by atoms with Gasteiger partial charge in [0.2, 0.25) is 0 Å². The second kappa shape index (κ2) is 5.12. The van der Waals surface area contributed by atoms with E-state index in [1.165, 1.54) is 11.3 Å². The fourth-order valence-electron chi connectivity index (χ4n) is 2.64. The third-order valence-corrected chi connectivity index (χ3v) is 5.58. The van der Waals surface area contributed by atoms with E-state index in [-0.39, 0.29) is 5.91 Å². The molecule has 116 valence electrons. The second-order valence-corrected chi connectivity index (χ2v) is 7.14. The highest BCUT2D eigenvalue weighted by atomic mass is 32.1. The van der Waals surface area contributed by atoms with Gasteiger partial charge < -0.3 is 4.42 Å². The number of thiazole rings is 2. The summed E-state index contributed by atoms with van der Waals surface area (Å²) in [5, 5.41) is 4.35. The Morgan fingerprint density at radius 2 is 2.12 bits per heavy atom. The molecule has 0 aliphatic carbocycles. The molecule has 0 saturated heterocycles. The van der Waals surface area contributed by atoms with Crippen LogP contribution < -0.4 is 5.32 Å². The molecule has 0 fully saturated rings. The SMILES string of the molecule is O=C(Nc1nc2ccc3scnc3c2s1)c1ccc2occc2c1. The Morgan fingerprint density at radius 1 is 1.17 bits per heavy atom. The van der Waals surface area contributed by atoms with Crippen LogP contribution in [-0.2, 0) is 0 Å². The third kappa shape index (κ3) is 2.10. The molecule has 0 spiro atoms. The smallest absolute Gasteiger partial charge is 0.257 e. The molecule has 24 heavy (non-hydrogen) atoms. The van der Waals surface area contributed by atoms with Gasteiger partial charge in [0.05, 0.1) is 26.7 Å². The van der Waals surface area contributed by atoms with Crippen LogP contribution in [0, 0.1) is 0 Å². The summed E-state index contributed by atoms with van der Waals surface area (Å²) in [6.07, 6.45) is 1.61. The van der Waals surface area contributed by atoms with Crippen molar-refractivity contribution in [3.8, 4) is 0 Å². The topological polar surface area (TPSA) is 68.0 Å². The van der Waals surface area contributed by atoms with Gasteiger partial charge in [0.1, 0.15) is 11.1 Å². The van der Waals surface area contributed by atoms with Crippen LogP contribution in [0.15, 0.2) is 52.6 Å². The summed E-state index contributed by atoms with van der Waals surface area (Å²) in [7, 11) is 0. The Labute approximate surface area is 143 Å². The lowest BCUT2D eigenvalue weighted by atomic mass is 10.1. The maximum absolute atomic E-state index is 12.5. The summed E-state index contributed by atoms with van der Waals surface area (Å²) in [5.41, 5.74) is 4.94. The zero-order valence-electron chi connectivity index (χ0n) is 12.1. The first-order valence-corrected chi connectivity index (χ1v) is 8.89. The molecular weight excluding hydrogens is 342 g/mol. The minimum atomic E-state index is -0.188. The molecule has 1 N–H and O–H groups in total. The molecule has 0 atom stereocenters. The van der Waals surface area contributed by atoms with Crippen LogP contribution in [0.25, 0.3) is 31.4 Å². The Morgan fingerprint density at radius 3 is 3.08 bits per heavy atom. The molecule has 0 bridgehead atoms. The van der Waals surface area contributed by atoms with Crippen molar-refractivity contribution >= 4 is 65.1 Å². The van der Waals surface area contributed by atoms with Crippen molar-refractivity contribution in [3.05, 3.63) is 53.7 Å². The Kier molecular flexibility index (Phi) is 2.91. The first-order chi connectivity index (χ1) is 11.8. The highest BCUT2D eigenvalue weighted by Crippen LogP contribution is 2.33. The van der Waals surface area contributed by atoms with Gasteiger partial charge in [0, 0.05) is 10.9 Å². The third-order valence-electron chi connectivity index (χ3n) is 3.79. The van der Waals surface area contributed by atoms with Crippen LogP contribution in [0.2, 0.25) is 0 Å². The maximum Gasteiger partial charge on any atom is 0.257 e. The van der Waals surface area contributed by atoms with Crippen molar-refractivity contribution in [3.63, 3.8) is 0 Å². The Hall–Kier alpha value is -2.77. The fraction of sp³-hybridized carbons (Fsp3) is 0. The molecule has 1 amide bonds.